The van der Waals surface area contributed by atoms with Crippen molar-refractivity contribution in [1.82, 2.24) is 5.32 Å². The highest BCUT2D eigenvalue weighted by molar-refractivity contribution is 7.80. The summed E-state index contributed by atoms with van der Waals surface area (Å²) in [5.74, 6) is -0.361. The van der Waals surface area contributed by atoms with Gasteiger partial charge in [0.1, 0.15) is 11.9 Å². The molecule has 154 valence electrons. The predicted octanol–water partition coefficient (Wildman–Crippen LogP) is 4.27. The van der Waals surface area contributed by atoms with Crippen molar-refractivity contribution < 1.29 is 13.9 Å². The molecule has 3 rings (SSSR count). The zero-order chi connectivity index (χ0) is 21.0. The smallest absolute Gasteiger partial charge is 0.414 e. The molecule has 1 aromatic rings. The van der Waals surface area contributed by atoms with Crippen LogP contribution in [0.2, 0.25) is 0 Å². The molecule has 1 aromatic carbocycles. The van der Waals surface area contributed by atoms with Gasteiger partial charge in [-0.15, -0.1) is 0 Å². The Balaban J connectivity index is 1.67. The maximum absolute atomic E-state index is 14.8. The van der Waals surface area contributed by atoms with Gasteiger partial charge in [0.25, 0.3) is 0 Å². The van der Waals surface area contributed by atoms with E-state index in [0.717, 1.165) is 25.0 Å². The number of cyclic esters (lactones) is 1. The van der Waals surface area contributed by atoms with Crippen LogP contribution in [0.15, 0.2) is 29.5 Å². The van der Waals surface area contributed by atoms with E-state index in [2.05, 4.69) is 10.2 Å². The van der Waals surface area contributed by atoms with Gasteiger partial charge in [0.05, 0.1) is 36.0 Å². The van der Waals surface area contributed by atoms with E-state index in [1.54, 1.807) is 19.1 Å². The van der Waals surface area contributed by atoms with Gasteiger partial charge in [-0.1, -0.05) is 24.7 Å². The van der Waals surface area contributed by atoms with Crippen LogP contribution in [-0.4, -0.2) is 43.4 Å². The van der Waals surface area contributed by atoms with Gasteiger partial charge in [-0.05, 0) is 44.4 Å². The number of rotatable bonds is 5. The monoisotopic (exact) mass is 416 g/mol. The van der Waals surface area contributed by atoms with Crippen molar-refractivity contribution in [2.75, 3.05) is 36.0 Å². The molecule has 2 fully saturated rings. The highest BCUT2D eigenvalue weighted by atomic mass is 32.1. The SMILES string of the molecule is [C-]#[N+]C(CC)=C1CCN(c2ccc(N3C[C@H](CNC(C)=S)OC3=O)cc2F)CC1. The zero-order valence-electron chi connectivity index (χ0n) is 16.7. The molecule has 2 aliphatic rings. The third-order valence-electron chi connectivity index (χ3n) is 5.28. The lowest BCUT2D eigenvalue weighted by molar-refractivity contribution is 0.143. The first-order valence-electron chi connectivity index (χ1n) is 9.78. The maximum Gasteiger partial charge on any atom is 0.414 e. The minimum Gasteiger partial charge on any atom is -0.442 e. The third-order valence-corrected chi connectivity index (χ3v) is 5.43. The van der Waals surface area contributed by atoms with Crippen LogP contribution < -0.4 is 15.1 Å². The number of benzene rings is 1. The fourth-order valence-electron chi connectivity index (χ4n) is 3.73. The van der Waals surface area contributed by atoms with Gasteiger partial charge in [-0.3, -0.25) is 4.90 Å². The van der Waals surface area contributed by atoms with E-state index < -0.39 is 6.09 Å². The fourth-order valence-corrected chi connectivity index (χ4v) is 3.81. The second-order valence-electron chi connectivity index (χ2n) is 7.19. The van der Waals surface area contributed by atoms with Crippen LogP contribution in [0, 0.1) is 12.4 Å². The molecule has 29 heavy (non-hydrogen) atoms. The first-order chi connectivity index (χ1) is 13.9. The number of nitrogens with zero attached hydrogens (tertiary/aromatic N) is 3. The standard InChI is InChI=1S/C21H25FN4O2S/c1-4-19(23-3)15-7-9-25(10-8-15)20-6-5-16(11-18(20)22)26-13-17(28-21(26)27)12-24-14(2)29/h5-6,11,17H,4,7-10,12-13H2,1-2H3,(H,24,29)/t17-/m0/s1. The van der Waals surface area contributed by atoms with Gasteiger partial charge in [-0.25, -0.2) is 14.0 Å². The molecule has 0 unspecified atom stereocenters. The molecule has 8 heteroatoms. The van der Waals surface area contributed by atoms with Crippen molar-refractivity contribution in [3.8, 4) is 0 Å². The van der Waals surface area contributed by atoms with Gasteiger partial charge in [0, 0.05) is 13.1 Å². The Morgan fingerprint density at radius 3 is 2.72 bits per heavy atom. The summed E-state index contributed by atoms with van der Waals surface area (Å²) in [5, 5.41) is 2.99. The summed E-state index contributed by atoms with van der Waals surface area (Å²) in [6, 6.07) is 4.86. The highest BCUT2D eigenvalue weighted by Gasteiger charge is 2.32. The minimum atomic E-state index is -0.482. The number of carbonyl (C=O) groups is 1. The highest BCUT2D eigenvalue weighted by Crippen LogP contribution is 2.31. The number of amides is 1. The molecule has 1 amide bonds. The van der Waals surface area contributed by atoms with E-state index in [-0.39, 0.29) is 11.9 Å². The molecule has 0 radical (unpaired) electrons. The number of ether oxygens (including phenoxy) is 1. The Kier molecular flexibility index (Phi) is 6.70. The van der Waals surface area contributed by atoms with Crippen LogP contribution in [0.4, 0.5) is 20.6 Å². The minimum absolute atomic E-state index is 0.328. The normalized spacial score (nSPS) is 19.0. The molecule has 1 N–H and O–H groups in total. The van der Waals surface area contributed by atoms with Crippen molar-refractivity contribution in [3.63, 3.8) is 0 Å². The lowest BCUT2D eigenvalue weighted by Gasteiger charge is -2.31. The largest absolute Gasteiger partial charge is 0.442 e. The molecule has 0 bridgehead atoms. The Morgan fingerprint density at radius 2 is 2.14 bits per heavy atom. The van der Waals surface area contributed by atoms with Crippen molar-refractivity contribution in [3.05, 3.63) is 46.7 Å². The average molecular weight is 417 g/mol. The summed E-state index contributed by atoms with van der Waals surface area (Å²) >= 11 is 4.97. The Hall–Kier alpha value is -2.66. The van der Waals surface area contributed by atoms with Crippen LogP contribution in [0.5, 0.6) is 0 Å². The molecule has 2 saturated heterocycles. The number of thiocarbonyl (C=S) groups is 1. The average Bonchev–Trinajstić information content (AvgIpc) is 3.08. The molecule has 2 heterocycles. The number of anilines is 2. The van der Waals surface area contributed by atoms with E-state index in [1.165, 1.54) is 16.5 Å². The number of allylic oxidation sites excluding steroid dienone is 1. The molecular weight excluding hydrogens is 391 g/mol. The summed E-state index contributed by atoms with van der Waals surface area (Å²) in [4.78, 5) is 19.9. The number of nitrogens with one attached hydrogen (secondary N) is 1. The van der Waals surface area contributed by atoms with E-state index in [1.807, 2.05) is 11.8 Å². The zero-order valence-corrected chi connectivity index (χ0v) is 17.5. The summed E-state index contributed by atoms with van der Waals surface area (Å²) in [6.07, 6.45) is 1.49. The van der Waals surface area contributed by atoms with Crippen LogP contribution in [0.1, 0.15) is 33.1 Å². The van der Waals surface area contributed by atoms with Crippen molar-refractivity contribution in [2.24, 2.45) is 0 Å². The maximum atomic E-state index is 14.8. The summed E-state index contributed by atoms with van der Waals surface area (Å²) < 4.78 is 20.2. The molecule has 6 nitrogen and oxygen atoms in total. The third kappa shape index (κ3) is 4.85. The molecule has 2 aliphatic heterocycles. The van der Waals surface area contributed by atoms with Crippen LogP contribution >= 0.6 is 12.2 Å². The molecular formula is C21H25FN4O2S. The van der Waals surface area contributed by atoms with Gasteiger partial charge in [-0.2, -0.15) is 0 Å². The van der Waals surface area contributed by atoms with Crippen LogP contribution in [-0.2, 0) is 4.74 Å². The fraction of sp³-hybridized carbons (Fsp3) is 0.476. The number of piperidine rings is 1. The number of hydrogen-bond donors (Lipinski definition) is 1. The summed E-state index contributed by atoms with van der Waals surface area (Å²) in [6.45, 7) is 13.2. The first kappa shape index (κ1) is 21.1. The number of hydrogen-bond acceptors (Lipinski definition) is 4. The Morgan fingerprint density at radius 1 is 1.41 bits per heavy atom. The summed E-state index contributed by atoms with van der Waals surface area (Å²) in [5.41, 5.74) is 3.02. The molecule has 0 saturated carbocycles. The molecule has 0 spiro atoms. The van der Waals surface area contributed by atoms with E-state index >= 15 is 0 Å². The van der Waals surface area contributed by atoms with E-state index in [0.29, 0.717) is 42.5 Å². The van der Waals surface area contributed by atoms with Gasteiger partial charge >= 0.3 is 6.09 Å². The lowest BCUT2D eigenvalue weighted by Crippen LogP contribution is -2.33. The molecule has 0 aromatic heterocycles. The molecule has 0 aliphatic carbocycles. The van der Waals surface area contributed by atoms with Crippen LogP contribution in [0.3, 0.4) is 0 Å². The Labute approximate surface area is 176 Å². The van der Waals surface area contributed by atoms with E-state index in [9.17, 15) is 9.18 Å². The first-order valence-corrected chi connectivity index (χ1v) is 10.2. The topological polar surface area (TPSA) is 49.2 Å². The Bertz CT molecular complexity index is 870. The van der Waals surface area contributed by atoms with E-state index in [4.69, 9.17) is 23.5 Å². The number of halogens is 1. The van der Waals surface area contributed by atoms with Gasteiger partial charge in [0.2, 0.25) is 0 Å². The second kappa shape index (κ2) is 9.23. The van der Waals surface area contributed by atoms with Gasteiger partial charge in [0.15, 0.2) is 5.70 Å². The predicted molar refractivity (Wildman–Crippen MR) is 116 cm³/mol. The van der Waals surface area contributed by atoms with Crippen molar-refractivity contribution >= 4 is 34.7 Å². The second-order valence-corrected chi connectivity index (χ2v) is 7.80. The van der Waals surface area contributed by atoms with Gasteiger partial charge < -0.3 is 15.0 Å². The summed E-state index contributed by atoms with van der Waals surface area (Å²) in [7, 11) is 0. The quantitative estimate of drug-likeness (QED) is 0.574. The lowest BCUT2D eigenvalue weighted by atomic mass is 10.00. The van der Waals surface area contributed by atoms with Crippen LogP contribution in [0.25, 0.3) is 4.85 Å². The van der Waals surface area contributed by atoms with Crippen molar-refractivity contribution in [2.45, 2.75) is 39.2 Å². The van der Waals surface area contributed by atoms with Crippen molar-refractivity contribution in [1.29, 1.82) is 0 Å². The number of carbonyl (C=O) groups excluding carboxylic acids is 1. The molecule has 1 atom stereocenters.